The van der Waals surface area contributed by atoms with E-state index in [1.54, 1.807) is 0 Å². The van der Waals surface area contributed by atoms with E-state index in [-0.39, 0.29) is 24.0 Å². The maximum Gasteiger partial charge on any atom is 0.193 e. The summed E-state index contributed by atoms with van der Waals surface area (Å²) in [6.45, 7) is 6.68. The first-order chi connectivity index (χ1) is 9.79. The first-order valence-corrected chi connectivity index (χ1v) is 8.95. The van der Waals surface area contributed by atoms with Gasteiger partial charge in [-0.2, -0.15) is 11.8 Å². The Labute approximate surface area is 150 Å². The van der Waals surface area contributed by atoms with Crippen LogP contribution in [0.1, 0.15) is 39.0 Å². The second kappa shape index (κ2) is 10.2. The molecule has 1 saturated carbocycles. The molecule has 1 spiro atoms. The Morgan fingerprint density at radius 1 is 1.33 bits per heavy atom. The lowest BCUT2D eigenvalue weighted by molar-refractivity contribution is 0.151. The molecule has 0 aromatic carbocycles. The molecule has 1 aliphatic heterocycles. The van der Waals surface area contributed by atoms with Crippen LogP contribution < -0.4 is 5.32 Å². The minimum atomic E-state index is 0. The lowest BCUT2D eigenvalue weighted by Gasteiger charge is -2.45. The molecule has 124 valence electrons. The van der Waals surface area contributed by atoms with E-state index in [0.29, 0.717) is 4.75 Å². The van der Waals surface area contributed by atoms with Crippen molar-refractivity contribution in [3.63, 3.8) is 0 Å². The van der Waals surface area contributed by atoms with Gasteiger partial charge in [-0.3, -0.25) is 4.99 Å². The van der Waals surface area contributed by atoms with Crippen LogP contribution in [0.4, 0.5) is 0 Å². The van der Waals surface area contributed by atoms with E-state index in [2.05, 4.69) is 27.0 Å². The molecular formula is C15H30IN3OS. The van der Waals surface area contributed by atoms with Crippen molar-refractivity contribution in [1.82, 2.24) is 10.2 Å². The Kier molecular flexibility index (Phi) is 9.36. The molecule has 2 fully saturated rings. The average molecular weight is 427 g/mol. The van der Waals surface area contributed by atoms with Gasteiger partial charge in [0.15, 0.2) is 5.96 Å². The van der Waals surface area contributed by atoms with Crippen molar-refractivity contribution in [2.24, 2.45) is 4.99 Å². The number of rotatable bonds is 4. The molecule has 4 nitrogen and oxygen atoms in total. The van der Waals surface area contributed by atoms with Crippen LogP contribution in [0.5, 0.6) is 0 Å². The summed E-state index contributed by atoms with van der Waals surface area (Å²) < 4.78 is 5.88. The quantitative estimate of drug-likeness (QED) is 0.324. The highest BCUT2D eigenvalue weighted by molar-refractivity contribution is 14.0. The Balaban J connectivity index is 0.00000220. The fraction of sp³-hybridized carbons (Fsp3) is 0.933. The SMILES string of the molecule is CCOCCNC(=NC)N1CCSC2(CCCCC2)C1.I. The van der Waals surface area contributed by atoms with Crippen molar-refractivity contribution in [3.05, 3.63) is 0 Å². The lowest BCUT2D eigenvalue weighted by atomic mass is 9.87. The van der Waals surface area contributed by atoms with E-state index in [9.17, 15) is 0 Å². The molecule has 0 atom stereocenters. The van der Waals surface area contributed by atoms with Crippen molar-refractivity contribution in [3.8, 4) is 0 Å². The molecule has 1 saturated heterocycles. The largest absolute Gasteiger partial charge is 0.380 e. The van der Waals surface area contributed by atoms with Crippen LogP contribution in [0.2, 0.25) is 0 Å². The van der Waals surface area contributed by atoms with Gasteiger partial charge in [0, 0.05) is 43.8 Å². The van der Waals surface area contributed by atoms with Crippen molar-refractivity contribution in [2.45, 2.75) is 43.8 Å². The zero-order valence-electron chi connectivity index (χ0n) is 13.4. The molecule has 0 aromatic heterocycles. The first-order valence-electron chi connectivity index (χ1n) is 7.97. The molecule has 1 heterocycles. The minimum Gasteiger partial charge on any atom is -0.380 e. The van der Waals surface area contributed by atoms with Gasteiger partial charge in [-0.25, -0.2) is 0 Å². The normalized spacial score (nSPS) is 22.0. The van der Waals surface area contributed by atoms with Crippen molar-refractivity contribution < 1.29 is 4.74 Å². The van der Waals surface area contributed by atoms with E-state index in [0.717, 1.165) is 38.8 Å². The minimum absolute atomic E-state index is 0. The number of nitrogens with one attached hydrogen (secondary N) is 1. The standard InChI is InChI=1S/C15H29N3OS.HI/c1-3-19-11-9-17-14(16-2)18-10-12-20-15(13-18)7-5-4-6-8-15;/h3-13H2,1-2H3,(H,16,17);1H. The van der Waals surface area contributed by atoms with Crippen molar-refractivity contribution in [2.75, 3.05) is 45.6 Å². The molecule has 1 aliphatic carbocycles. The molecule has 6 heteroatoms. The van der Waals surface area contributed by atoms with E-state index in [4.69, 9.17) is 4.74 Å². The van der Waals surface area contributed by atoms with E-state index in [1.165, 1.54) is 37.9 Å². The smallest absolute Gasteiger partial charge is 0.193 e. The fourth-order valence-electron chi connectivity index (χ4n) is 3.24. The zero-order chi connectivity index (χ0) is 14.3. The maximum atomic E-state index is 5.39. The van der Waals surface area contributed by atoms with Gasteiger partial charge in [-0.15, -0.1) is 24.0 Å². The van der Waals surface area contributed by atoms with Crippen molar-refractivity contribution in [1.29, 1.82) is 0 Å². The van der Waals surface area contributed by atoms with Gasteiger partial charge in [0.1, 0.15) is 0 Å². The molecule has 1 N–H and O–H groups in total. The number of ether oxygens (including phenoxy) is 1. The van der Waals surface area contributed by atoms with E-state index >= 15 is 0 Å². The van der Waals surface area contributed by atoms with Gasteiger partial charge in [0.25, 0.3) is 0 Å². The monoisotopic (exact) mass is 427 g/mol. The summed E-state index contributed by atoms with van der Waals surface area (Å²) >= 11 is 2.20. The second-order valence-electron chi connectivity index (χ2n) is 5.68. The zero-order valence-corrected chi connectivity index (χ0v) is 16.5. The van der Waals surface area contributed by atoms with Gasteiger partial charge < -0.3 is 15.0 Å². The topological polar surface area (TPSA) is 36.9 Å². The van der Waals surface area contributed by atoms with Crippen LogP contribution in [0.15, 0.2) is 4.99 Å². The number of thioether (sulfide) groups is 1. The molecule has 0 bridgehead atoms. The van der Waals surface area contributed by atoms with E-state index < -0.39 is 0 Å². The summed E-state index contributed by atoms with van der Waals surface area (Å²) in [5.74, 6) is 2.28. The average Bonchev–Trinajstić information content (AvgIpc) is 2.48. The summed E-state index contributed by atoms with van der Waals surface area (Å²) in [5, 5.41) is 3.44. The lowest BCUT2D eigenvalue weighted by Crippen LogP contribution is -2.53. The highest BCUT2D eigenvalue weighted by Crippen LogP contribution is 2.42. The number of hydrogen-bond acceptors (Lipinski definition) is 3. The Morgan fingerprint density at radius 3 is 2.76 bits per heavy atom. The summed E-state index contributed by atoms with van der Waals surface area (Å²) in [6.07, 6.45) is 6.98. The van der Waals surface area contributed by atoms with Crippen LogP contribution >= 0.6 is 35.7 Å². The third-order valence-corrected chi connectivity index (χ3v) is 5.79. The van der Waals surface area contributed by atoms with Crippen molar-refractivity contribution >= 4 is 41.7 Å². The Hall–Kier alpha value is 0.310. The predicted molar refractivity (Wildman–Crippen MR) is 103 cm³/mol. The fourth-order valence-corrected chi connectivity index (χ4v) is 4.81. The third-order valence-electron chi connectivity index (χ3n) is 4.26. The van der Waals surface area contributed by atoms with Crippen LogP contribution in [0.3, 0.4) is 0 Å². The molecule has 2 rings (SSSR count). The molecular weight excluding hydrogens is 397 g/mol. The first kappa shape index (κ1) is 19.4. The number of guanidine groups is 1. The Morgan fingerprint density at radius 2 is 2.10 bits per heavy atom. The number of aliphatic imine (C=N–C) groups is 1. The van der Waals surface area contributed by atoms with Crippen LogP contribution in [0, 0.1) is 0 Å². The van der Waals surface area contributed by atoms with Gasteiger partial charge in [0.05, 0.1) is 6.61 Å². The number of halogens is 1. The third kappa shape index (κ3) is 5.78. The summed E-state index contributed by atoms with van der Waals surface area (Å²) in [6, 6.07) is 0. The van der Waals surface area contributed by atoms with E-state index in [1.807, 2.05) is 14.0 Å². The number of nitrogens with zero attached hydrogens (tertiary/aromatic N) is 2. The van der Waals surface area contributed by atoms with Gasteiger partial charge in [-0.1, -0.05) is 19.3 Å². The van der Waals surface area contributed by atoms with Gasteiger partial charge in [0.2, 0.25) is 0 Å². The van der Waals surface area contributed by atoms with Gasteiger partial charge >= 0.3 is 0 Å². The summed E-state index contributed by atoms with van der Waals surface area (Å²) in [7, 11) is 1.89. The summed E-state index contributed by atoms with van der Waals surface area (Å²) in [5.41, 5.74) is 0. The highest BCUT2D eigenvalue weighted by atomic mass is 127. The highest BCUT2D eigenvalue weighted by Gasteiger charge is 2.38. The number of hydrogen-bond donors (Lipinski definition) is 1. The molecule has 2 aliphatic rings. The molecule has 0 aromatic rings. The van der Waals surface area contributed by atoms with Gasteiger partial charge in [-0.05, 0) is 19.8 Å². The summed E-state index contributed by atoms with van der Waals surface area (Å²) in [4.78, 5) is 6.91. The molecule has 21 heavy (non-hydrogen) atoms. The Bertz CT molecular complexity index is 317. The van der Waals surface area contributed by atoms with Crippen LogP contribution in [-0.2, 0) is 4.74 Å². The predicted octanol–water partition coefficient (Wildman–Crippen LogP) is 2.97. The molecule has 0 unspecified atom stereocenters. The van der Waals surface area contributed by atoms with Crippen LogP contribution in [0.25, 0.3) is 0 Å². The molecule has 0 radical (unpaired) electrons. The second-order valence-corrected chi connectivity index (χ2v) is 7.25. The van der Waals surface area contributed by atoms with Crippen LogP contribution in [-0.4, -0.2) is 61.3 Å². The maximum absolute atomic E-state index is 5.39. The molecule has 0 amide bonds.